The second-order valence-corrected chi connectivity index (χ2v) is 6.09. The van der Waals surface area contributed by atoms with Gasteiger partial charge in [0.25, 0.3) is 0 Å². The first-order chi connectivity index (χ1) is 9.77. The molecule has 0 bridgehead atoms. The molecule has 0 saturated carbocycles. The van der Waals surface area contributed by atoms with E-state index in [2.05, 4.69) is 6.92 Å². The van der Waals surface area contributed by atoms with Crippen LogP contribution < -0.4 is 0 Å². The molecule has 0 unspecified atom stereocenters. The summed E-state index contributed by atoms with van der Waals surface area (Å²) in [7, 11) is 0. The molecule has 1 N–H and O–H groups in total. The van der Waals surface area contributed by atoms with E-state index in [1.54, 1.807) is 0 Å². The summed E-state index contributed by atoms with van der Waals surface area (Å²) in [6.45, 7) is 2.27. The van der Waals surface area contributed by atoms with Crippen molar-refractivity contribution in [2.24, 2.45) is 0 Å². The molecular weight excluding hydrogens is 336 g/mol. The molecule has 0 aromatic rings. The van der Waals surface area contributed by atoms with Crippen molar-refractivity contribution < 1.29 is 12.8 Å². The fourth-order valence-electron chi connectivity index (χ4n) is 2.65. The Morgan fingerprint density at radius 2 is 0.952 bits per heavy atom. The molecule has 0 aliphatic carbocycles. The molecule has 0 spiro atoms. The van der Waals surface area contributed by atoms with Crippen LogP contribution in [0.3, 0.4) is 0 Å². The fraction of sp³-hybridized carbons (Fsp3) is 0.944. The second-order valence-electron chi connectivity index (χ2n) is 6.09. The number of unbranched alkanes of at least 4 members (excludes halogenated alkanes) is 14. The summed E-state index contributed by atoms with van der Waals surface area (Å²) in [5.74, 6) is -0.653. The van der Waals surface area contributed by atoms with Gasteiger partial charge in [-0.3, -0.25) is 4.79 Å². The first-order valence-corrected chi connectivity index (χ1v) is 8.99. The van der Waals surface area contributed by atoms with E-state index in [1.807, 2.05) is 0 Å². The van der Waals surface area contributed by atoms with Gasteiger partial charge in [0, 0.05) is 6.42 Å². The summed E-state index contributed by atoms with van der Waals surface area (Å²) in [6.07, 6.45) is 20.2. The summed E-state index contributed by atoms with van der Waals surface area (Å²) >= 11 is 0. The van der Waals surface area contributed by atoms with Crippen LogP contribution in [-0.4, -0.2) is 56.6 Å². The van der Waals surface area contributed by atoms with Crippen LogP contribution in [0.25, 0.3) is 0 Å². The normalized spacial score (nSPS) is 10.3. The number of aliphatic carboxylic acids is 1. The first-order valence-electron chi connectivity index (χ1n) is 8.99. The molecule has 0 atom stereocenters. The third-order valence-corrected chi connectivity index (χ3v) is 3.99. The summed E-state index contributed by atoms with van der Waals surface area (Å²) in [4.78, 5) is 10.3. The summed E-state index contributed by atoms with van der Waals surface area (Å²) in [5, 5.41) is 8.52. The molecule has 21 heavy (non-hydrogen) atoms. The van der Waals surface area contributed by atoms with Crippen LogP contribution in [0.4, 0.5) is 0 Å². The van der Waals surface area contributed by atoms with Crippen LogP contribution in [-0.2, 0) is 4.79 Å². The van der Waals surface area contributed by atoms with E-state index in [0.717, 1.165) is 12.8 Å². The van der Waals surface area contributed by atoms with E-state index in [1.165, 1.54) is 83.5 Å². The van der Waals surface area contributed by atoms with Gasteiger partial charge in [-0.05, 0) is 6.42 Å². The fourth-order valence-corrected chi connectivity index (χ4v) is 2.65. The number of hydrogen-bond acceptors (Lipinski definition) is 1. The van der Waals surface area contributed by atoms with Crippen LogP contribution in [0.5, 0.6) is 0 Å². The minimum absolute atomic E-state index is 0. The van der Waals surface area contributed by atoms with Gasteiger partial charge in [-0.1, -0.05) is 96.8 Å². The smallest absolute Gasteiger partial charge is 1.00 e. The Kier molecular flexibility index (Phi) is 24.1. The van der Waals surface area contributed by atoms with Gasteiger partial charge >= 0.3 is 51.5 Å². The second kappa shape index (κ2) is 21.0. The molecule has 0 heterocycles. The molecule has 3 heteroatoms. The molecule has 0 aliphatic rings. The van der Waals surface area contributed by atoms with Gasteiger partial charge in [0.15, 0.2) is 0 Å². The van der Waals surface area contributed by atoms with Gasteiger partial charge < -0.3 is 7.96 Å². The maximum Gasteiger partial charge on any atom is 2.00 e. The molecule has 0 aromatic carbocycles. The predicted octanol–water partition coefficient (Wildman–Crippen LogP) is 6.18. The van der Waals surface area contributed by atoms with Crippen molar-refractivity contribution in [3.8, 4) is 0 Å². The Bertz CT molecular complexity index is 217. The number of rotatable bonds is 16. The topological polar surface area (TPSA) is 37.3 Å². The Balaban J connectivity index is -0.000000602. The largest absolute Gasteiger partial charge is 2.00 e. The van der Waals surface area contributed by atoms with Crippen LogP contribution in [0.2, 0.25) is 0 Å². The molecule has 0 rings (SSSR count). The number of carboxylic acid groups (broad SMARTS) is 1. The molecule has 124 valence electrons. The van der Waals surface area contributed by atoms with Gasteiger partial charge in [-0.25, -0.2) is 0 Å². The van der Waals surface area contributed by atoms with E-state index < -0.39 is 5.97 Å². The molecule has 0 radical (unpaired) electrons. The van der Waals surface area contributed by atoms with E-state index in [0.29, 0.717) is 6.42 Å². The first kappa shape index (κ1) is 24.2. The molecule has 0 saturated heterocycles. The quantitative estimate of drug-likeness (QED) is 0.259. The Morgan fingerprint density at radius 1 is 0.667 bits per heavy atom. The van der Waals surface area contributed by atoms with Crippen LogP contribution in [0.1, 0.15) is 113 Å². The molecular formula is C18H38O2Sr. The van der Waals surface area contributed by atoms with Crippen molar-refractivity contribution in [2.45, 2.75) is 110 Å². The van der Waals surface area contributed by atoms with E-state index in [9.17, 15) is 4.79 Å². The van der Waals surface area contributed by atoms with Gasteiger partial charge in [-0.2, -0.15) is 0 Å². The van der Waals surface area contributed by atoms with E-state index in [4.69, 9.17) is 5.11 Å². The van der Waals surface area contributed by atoms with Crippen molar-refractivity contribution in [1.82, 2.24) is 0 Å². The standard InChI is InChI=1S/C18H36O2.Sr.2H/c1-2-3-4-5-6-7-8-9-10-11-12-13-14-15-16-17-18(19)20;;;/h2-17H2,1H3,(H,19,20);;;/q;+2;2*-1. The minimum Gasteiger partial charge on any atom is -1.00 e. The Morgan fingerprint density at radius 3 is 1.24 bits per heavy atom. The van der Waals surface area contributed by atoms with Gasteiger partial charge in [0.05, 0.1) is 0 Å². The van der Waals surface area contributed by atoms with Crippen LogP contribution in [0.15, 0.2) is 0 Å². The molecule has 0 aromatic heterocycles. The zero-order chi connectivity index (χ0) is 14.9. The van der Waals surface area contributed by atoms with E-state index >= 15 is 0 Å². The molecule has 0 aliphatic heterocycles. The average molecular weight is 374 g/mol. The maximum atomic E-state index is 10.3. The van der Waals surface area contributed by atoms with Crippen LogP contribution >= 0.6 is 0 Å². The zero-order valence-electron chi connectivity index (χ0n) is 16.4. The Labute approximate surface area is 172 Å². The third-order valence-electron chi connectivity index (χ3n) is 3.99. The summed E-state index contributed by atoms with van der Waals surface area (Å²) in [6, 6.07) is 0. The van der Waals surface area contributed by atoms with Gasteiger partial charge in [0.2, 0.25) is 0 Å². The SMILES string of the molecule is CCCCCCCCCCCCCCCCCC(=O)O.[H-].[H-].[Sr+2]. The number of hydrogen-bond donors (Lipinski definition) is 1. The predicted molar refractivity (Wildman–Crippen MR) is 95.2 cm³/mol. The monoisotopic (exact) mass is 374 g/mol. The molecule has 0 fully saturated rings. The number of carbonyl (C=O) groups is 1. The average Bonchev–Trinajstić information content (AvgIpc) is 2.43. The minimum atomic E-state index is -0.653. The van der Waals surface area contributed by atoms with Crippen molar-refractivity contribution in [2.75, 3.05) is 0 Å². The maximum absolute atomic E-state index is 10.3. The van der Waals surface area contributed by atoms with E-state index in [-0.39, 0.29) is 48.3 Å². The van der Waals surface area contributed by atoms with Crippen molar-refractivity contribution in [3.63, 3.8) is 0 Å². The Hall–Kier alpha value is 0.951. The number of carboxylic acids is 1. The zero-order valence-corrected chi connectivity index (χ0v) is 17.9. The summed E-state index contributed by atoms with van der Waals surface area (Å²) < 4.78 is 0. The van der Waals surface area contributed by atoms with Gasteiger partial charge in [-0.15, -0.1) is 0 Å². The summed E-state index contributed by atoms with van der Waals surface area (Å²) in [5.41, 5.74) is 0. The third kappa shape index (κ3) is 23.3. The van der Waals surface area contributed by atoms with Crippen molar-refractivity contribution >= 4 is 51.5 Å². The molecule has 0 amide bonds. The molecule has 2 nitrogen and oxygen atoms in total. The van der Waals surface area contributed by atoms with Crippen molar-refractivity contribution in [1.29, 1.82) is 0 Å². The van der Waals surface area contributed by atoms with Crippen LogP contribution in [0, 0.1) is 0 Å². The van der Waals surface area contributed by atoms with Crippen molar-refractivity contribution in [3.05, 3.63) is 0 Å². The van der Waals surface area contributed by atoms with Gasteiger partial charge in [0.1, 0.15) is 0 Å².